The molecule has 1 saturated heterocycles. The smallest absolute Gasteiger partial charge is 0.339 e. The van der Waals surface area contributed by atoms with Crippen LogP contribution >= 0.6 is 0 Å². The van der Waals surface area contributed by atoms with Crippen LogP contribution in [0.2, 0.25) is 0 Å². The van der Waals surface area contributed by atoms with Crippen molar-refractivity contribution in [1.29, 1.82) is 0 Å². The van der Waals surface area contributed by atoms with E-state index in [1.54, 1.807) is 6.92 Å². The van der Waals surface area contributed by atoms with E-state index in [0.29, 0.717) is 12.8 Å². The topological polar surface area (TPSA) is 234 Å². The summed E-state index contributed by atoms with van der Waals surface area (Å²) >= 11 is 0. The molecule has 2 aliphatic heterocycles. The normalized spacial score (nSPS) is 21.0. The maximum Gasteiger partial charge on any atom is 0.339 e. The minimum absolute atomic E-state index is 0.0134. The summed E-state index contributed by atoms with van der Waals surface area (Å²) in [6, 6.07) is 6.87. The van der Waals surface area contributed by atoms with Gasteiger partial charge in [0.05, 0.1) is 41.8 Å². The SMILES string of the molecule is CCCCOC(=O)[C@H]1O[C@@H](Oc2ccc([C@@H](CS(C)(=O)=O)N3C(=O)c4cccc(NC(C)=O)c4C3=O)cc2OCC)[C@H](OC(C)=O)[C@@H](OC(C)=O)[C@@H]1OC(C)=O. The van der Waals surface area contributed by atoms with Crippen molar-refractivity contribution in [3.8, 4) is 11.5 Å². The second kappa shape index (κ2) is 18.4. The highest BCUT2D eigenvalue weighted by molar-refractivity contribution is 7.90. The molecule has 0 bridgehead atoms. The second-order valence-corrected chi connectivity index (χ2v) is 15.1. The van der Waals surface area contributed by atoms with Gasteiger partial charge in [0.25, 0.3) is 11.8 Å². The molecule has 0 radical (unpaired) electrons. The lowest BCUT2D eigenvalue weighted by molar-refractivity contribution is -0.283. The highest BCUT2D eigenvalue weighted by Gasteiger charge is 2.56. The first-order valence-corrected chi connectivity index (χ1v) is 19.7. The molecule has 2 heterocycles. The van der Waals surface area contributed by atoms with Gasteiger partial charge in [-0.15, -0.1) is 0 Å². The summed E-state index contributed by atoms with van der Waals surface area (Å²) in [6.45, 7) is 7.85. The molecule has 0 saturated carbocycles. The Morgan fingerprint density at radius 3 is 2.09 bits per heavy atom. The Morgan fingerprint density at radius 1 is 0.857 bits per heavy atom. The van der Waals surface area contributed by atoms with Gasteiger partial charge in [-0.25, -0.2) is 13.2 Å². The lowest BCUT2D eigenvalue weighted by atomic mass is 9.97. The van der Waals surface area contributed by atoms with Crippen LogP contribution in [0.1, 0.15) is 86.7 Å². The maximum absolute atomic E-state index is 13.9. The number of amides is 3. The number of hydrogen-bond donors (Lipinski definition) is 1. The number of ether oxygens (including phenoxy) is 7. The number of hydrogen-bond acceptors (Lipinski definition) is 16. The predicted octanol–water partition coefficient (Wildman–Crippen LogP) is 2.67. The first-order valence-electron chi connectivity index (χ1n) is 17.6. The summed E-state index contributed by atoms with van der Waals surface area (Å²) in [5.41, 5.74) is 0.0262. The molecular weight excluding hydrogens is 760 g/mol. The molecule has 6 atom stereocenters. The van der Waals surface area contributed by atoms with Gasteiger partial charge >= 0.3 is 23.9 Å². The number of fused-ring (bicyclic) bond motifs is 1. The largest absolute Gasteiger partial charge is 0.490 e. The third kappa shape index (κ3) is 10.4. The average molecular weight is 805 g/mol. The molecule has 1 fully saturated rings. The first kappa shape index (κ1) is 43.2. The zero-order valence-corrected chi connectivity index (χ0v) is 32.7. The Labute approximate surface area is 322 Å². The van der Waals surface area contributed by atoms with Crippen molar-refractivity contribution < 1.29 is 75.1 Å². The van der Waals surface area contributed by atoms with E-state index < -0.39 is 93.9 Å². The Kier molecular flexibility index (Phi) is 14.2. The fraction of sp³-hybridized carbons (Fsp3) is 0.486. The van der Waals surface area contributed by atoms with Crippen LogP contribution in [0.3, 0.4) is 0 Å². The zero-order valence-electron chi connectivity index (χ0n) is 31.9. The summed E-state index contributed by atoms with van der Waals surface area (Å²) in [5, 5.41) is 2.52. The number of esters is 4. The van der Waals surface area contributed by atoms with Crippen LogP contribution in [0.4, 0.5) is 5.69 Å². The van der Waals surface area contributed by atoms with Crippen molar-refractivity contribution in [1.82, 2.24) is 4.90 Å². The zero-order chi connectivity index (χ0) is 41.5. The molecule has 19 heteroatoms. The van der Waals surface area contributed by atoms with Crippen molar-refractivity contribution in [3.63, 3.8) is 0 Å². The first-order chi connectivity index (χ1) is 26.4. The molecular formula is C37H44N2O16S. The lowest BCUT2D eigenvalue weighted by Crippen LogP contribution is -2.64. The van der Waals surface area contributed by atoms with Crippen molar-refractivity contribution >= 4 is 57.1 Å². The van der Waals surface area contributed by atoms with Gasteiger partial charge in [0, 0.05) is 34.0 Å². The van der Waals surface area contributed by atoms with Gasteiger partial charge in [-0.3, -0.25) is 33.7 Å². The van der Waals surface area contributed by atoms with E-state index in [9.17, 15) is 42.0 Å². The summed E-state index contributed by atoms with van der Waals surface area (Å²) in [4.78, 5) is 90.6. The molecule has 0 aliphatic carbocycles. The molecule has 3 amide bonds. The van der Waals surface area contributed by atoms with E-state index in [0.717, 1.165) is 31.9 Å². The number of imide groups is 1. The molecule has 56 heavy (non-hydrogen) atoms. The number of rotatable bonds is 16. The monoisotopic (exact) mass is 804 g/mol. The van der Waals surface area contributed by atoms with E-state index in [-0.39, 0.29) is 47.1 Å². The third-order valence-corrected chi connectivity index (χ3v) is 9.22. The van der Waals surface area contributed by atoms with Crippen LogP contribution < -0.4 is 14.8 Å². The average Bonchev–Trinajstić information content (AvgIpc) is 3.35. The molecule has 1 N–H and O–H groups in total. The van der Waals surface area contributed by atoms with E-state index in [1.165, 1.54) is 43.3 Å². The van der Waals surface area contributed by atoms with Crippen molar-refractivity contribution in [2.24, 2.45) is 0 Å². The fourth-order valence-corrected chi connectivity index (χ4v) is 7.08. The molecule has 0 aromatic heterocycles. The van der Waals surface area contributed by atoms with Crippen LogP contribution in [0, 0.1) is 0 Å². The van der Waals surface area contributed by atoms with Gasteiger partial charge in [0.15, 0.2) is 29.8 Å². The number of carbonyl (C=O) groups is 7. The van der Waals surface area contributed by atoms with E-state index in [2.05, 4.69) is 5.32 Å². The number of nitrogens with one attached hydrogen (secondary N) is 1. The number of sulfone groups is 1. The summed E-state index contributed by atoms with van der Waals surface area (Å²) in [5.74, 6) is -6.72. The van der Waals surface area contributed by atoms with E-state index in [4.69, 9.17) is 33.2 Å². The number of carbonyl (C=O) groups excluding carboxylic acids is 7. The van der Waals surface area contributed by atoms with Crippen LogP contribution in [-0.2, 0) is 57.5 Å². The van der Waals surface area contributed by atoms with Crippen molar-refractivity contribution in [2.75, 3.05) is 30.5 Å². The molecule has 0 spiro atoms. The minimum atomic E-state index is -3.88. The number of anilines is 1. The van der Waals surface area contributed by atoms with Crippen LogP contribution in [-0.4, -0.2) is 111 Å². The Bertz CT molecular complexity index is 1980. The Balaban J connectivity index is 1.80. The molecule has 0 unspecified atom stereocenters. The highest BCUT2D eigenvalue weighted by Crippen LogP contribution is 2.40. The van der Waals surface area contributed by atoms with Gasteiger partial charge in [-0.05, 0) is 43.2 Å². The van der Waals surface area contributed by atoms with Crippen LogP contribution in [0.5, 0.6) is 11.5 Å². The molecule has 18 nitrogen and oxygen atoms in total. The summed E-state index contributed by atoms with van der Waals surface area (Å²) in [6.07, 6.45) is -6.34. The summed E-state index contributed by atoms with van der Waals surface area (Å²) < 4.78 is 65.2. The fourth-order valence-electron chi connectivity index (χ4n) is 6.17. The molecule has 304 valence electrons. The van der Waals surface area contributed by atoms with Gasteiger partial charge < -0.3 is 38.5 Å². The number of nitrogens with zero attached hydrogens (tertiary/aromatic N) is 1. The minimum Gasteiger partial charge on any atom is -0.490 e. The molecule has 2 aromatic rings. The molecule has 2 aliphatic rings. The van der Waals surface area contributed by atoms with Crippen molar-refractivity contribution in [3.05, 3.63) is 53.1 Å². The highest BCUT2D eigenvalue weighted by atomic mass is 32.2. The van der Waals surface area contributed by atoms with Gasteiger partial charge in [-0.1, -0.05) is 25.5 Å². The number of benzene rings is 2. The Hall–Kier alpha value is -5.56. The predicted molar refractivity (Wildman–Crippen MR) is 193 cm³/mol. The maximum atomic E-state index is 13.9. The van der Waals surface area contributed by atoms with Gasteiger partial charge in [0.2, 0.25) is 18.3 Å². The van der Waals surface area contributed by atoms with E-state index in [1.807, 2.05) is 6.92 Å². The molecule has 2 aromatic carbocycles. The third-order valence-electron chi connectivity index (χ3n) is 8.30. The number of unbranched alkanes of at least 4 members (excludes halogenated alkanes) is 1. The second-order valence-electron chi connectivity index (χ2n) is 12.9. The molecule has 4 rings (SSSR count). The van der Waals surface area contributed by atoms with Crippen LogP contribution in [0.25, 0.3) is 0 Å². The van der Waals surface area contributed by atoms with Crippen LogP contribution in [0.15, 0.2) is 36.4 Å². The summed E-state index contributed by atoms with van der Waals surface area (Å²) in [7, 11) is -3.88. The van der Waals surface area contributed by atoms with E-state index >= 15 is 0 Å². The quantitative estimate of drug-likeness (QED) is 0.111. The lowest BCUT2D eigenvalue weighted by Gasteiger charge is -2.43. The van der Waals surface area contributed by atoms with Crippen molar-refractivity contribution in [2.45, 2.75) is 91.1 Å². The standard InChI is InChI=1S/C37H44N2O16S/c1-8-10-16-50-36(46)32-30(51-20(4)41)31(52-21(5)42)33(53-22(6)43)37(55-32)54-27-15-14-23(17-28(27)49-9-2)26(18-56(7,47)48)39-34(44)24-12-11-13-25(38-19(3)40)29(24)35(39)45/h11-15,17,26,30-33,37H,8-10,16,18H2,1-7H3,(H,38,40)/t26-,30+,31+,32+,33-,37-/m1/s1. The Morgan fingerprint density at radius 2 is 1.50 bits per heavy atom. The van der Waals surface area contributed by atoms with Gasteiger partial charge in [0.1, 0.15) is 9.84 Å². The van der Waals surface area contributed by atoms with Gasteiger partial charge in [-0.2, -0.15) is 0 Å².